The van der Waals surface area contributed by atoms with E-state index in [1.54, 1.807) is 0 Å². The summed E-state index contributed by atoms with van der Waals surface area (Å²) in [5.41, 5.74) is 0. The van der Waals surface area contributed by atoms with Crippen molar-refractivity contribution in [3.05, 3.63) is 12.7 Å². The van der Waals surface area contributed by atoms with Gasteiger partial charge in [0.2, 0.25) is 0 Å². The summed E-state index contributed by atoms with van der Waals surface area (Å²) in [4.78, 5) is 12.2. The summed E-state index contributed by atoms with van der Waals surface area (Å²) in [7, 11) is 1.31. The van der Waals surface area contributed by atoms with E-state index in [1.807, 2.05) is 13.8 Å². The maximum atomic E-state index is 9.84. The Balaban J connectivity index is -0.0000000743. The monoisotopic (exact) mass is 253 g/mol. The molecule has 0 aromatic rings. The summed E-state index contributed by atoms with van der Waals surface area (Å²) >= 11 is 0. The molecule has 0 aliphatic heterocycles. The third kappa shape index (κ3) is 23.4. The van der Waals surface area contributed by atoms with Gasteiger partial charge in [-0.05, 0) is 19.6 Å². The van der Waals surface area contributed by atoms with Gasteiger partial charge in [0.1, 0.15) is 0 Å². The minimum Gasteiger partial charge on any atom is -0.466 e. The van der Waals surface area contributed by atoms with Crippen molar-refractivity contribution in [3.8, 4) is 0 Å². The predicted molar refractivity (Wildman–Crippen MR) is 74.3 cm³/mol. The van der Waals surface area contributed by atoms with E-state index >= 15 is 0 Å². The van der Waals surface area contributed by atoms with Gasteiger partial charge in [-0.25, -0.2) is 4.79 Å². The molecule has 0 heterocycles. The molecule has 0 fully saturated rings. The van der Waals surface area contributed by atoms with E-state index in [1.165, 1.54) is 26.7 Å². The second-order valence-electron chi connectivity index (χ2n) is 2.35. The van der Waals surface area contributed by atoms with Crippen molar-refractivity contribution in [1.82, 2.24) is 4.90 Å². The number of hydrogen-bond acceptors (Lipinski definition) is 3. The molecule has 0 aliphatic carbocycles. The Kier molecular flexibility index (Phi) is 36.8. The van der Waals surface area contributed by atoms with Gasteiger partial charge in [-0.3, -0.25) is 0 Å². The number of methoxy groups -OCH3 is 1. The van der Waals surface area contributed by atoms with Gasteiger partial charge in [0.15, 0.2) is 0 Å². The van der Waals surface area contributed by atoms with Crippen LogP contribution in [0.4, 0.5) is 0 Å². The van der Waals surface area contributed by atoms with Crippen LogP contribution in [-0.2, 0) is 9.53 Å². The second-order valence-corrected chi connectivity index (χ2v) is 2.35. The molecule has 3 nitrogen and oxygen atoms in total. The van der Waals surface area contributed by atoms with Gasteiger partial charge in [0.05, 0.1) is 7.11 Å². The highest BCUT2D eigenvalue weighted by atomic mass is 35.5. The molecule has 0 aromatic heterocycles. The number of ether oxygens (including phenoxy) is 1. The first kappa shape index (κ1) is 24.6. The molecule has 0 amide bonds. The van der Waals surface area contributed by atoms with Crippen LogP contribution in [0.3, 0.4) is 0 Å². The standard InChI is InChI=1S/C6H15N.C4H6O2.C2H6.ClH/c1-4-7(5-2)6-3;1-3-4(5)6-2;1-2;/h4-6H2,1-3H3;3H,1H2,2H3;1-2H3;1H. The molecule has 100 valence electrons. The van der Waals surface area contributed by atoms with Crippen LogP contribution in [0.2, 0.25) is 0 Å². The van der Waals surface area contributed by atoms with Gasteiger partial charge in [-0.15, -0.1) is 12.4 Å². The maximum Gasteiger partial charge on any atom is 0.329 e. The first-order valence-corrected chi connectivity index (χ1v) is 5.58. The van der Waals surface area contributed by atoms with Gasteiger partial charge in [0.25, 0.3) is 0 Å². The Morgan fingerprint density at radius 1 is 1.19 bits per heavy atom. The van der Waals surface area contributed by atoms with Gasteiger partial charge >= 0.3 is 5.97 Å². The van der Waals surface area contributed by atoms with E-state index in [-0.39, 0.29) is 12.4 Å². The minimum atomic E-state index is -0.394. The quantitative estimate of drug-likeness (QED) is 0.570. The highest BCUT2D eigenvalue weighted by Gasteiger charge is 1.89. The Morgan fingerprint density at radius 2 is 1.50 bits per heavy atom. The van der Waals surface area contributed by atoms with E-state index in [4.69, 9.17) is 0 Å². The molecule has 0 saturated carbocycles. The molecule has 0 spiro atoms. The van der Waals surface area contributed by atoms with Crippen molar-refractivity contribution in [3.63, 3.8) is 0 Å². The van der Waals surface area contributed by atoms with E-state index in [2.05, 4.69) is 37.0 Å². The zero-order chi connectivity index (χ0) is 12.7. The van der Waals surface area contributed by atoms with Crippen molar-refractivity contribution in [1.29, 1.82) is 0 Å². The van der Waals surface area contributed by atoms with Crippen LogP contribution in [0.25, 0.3) is 0 Å². The zero-order valence-electron chi connectivity index (χ0n) is 11.6. The number of halogens is 1. The Hall–Kier alpha value is -0.540. The number of carbonyl (C=O) groups excluding carboxylic acids is 1. The fourth-order valence-electron chi connectivity index (χ4n) is 0.754. The van der Waals surface area contributed by atoms with Crippen molar-refractivity contribution < 1.29 is 9.53 Å². The summed E-state index contributed by atoms with van der Waals surface area (Å²) in [6, 6.07) is 0. The van der Waals surface area contributed by atoms with Crippen LogP contribution in [0, 0.1) is 0 Å². The summed E-state index contributed by atoms with van der Waals surface area (Å²) in [5, 5.41) is 0. The first-order valence-electron chi connectivity index (χ1n) is 5.58. The molecule has 0 unspecified atom stereocenters. The van der Waals surface area contributed by atoms with Crippen molar-refractivity contribution in [2.45, 2.75) is 34.6 Å². The lowest BCUT2D eigenvalue weighted by molar-refractivity contribution is -0.134. The summed E-state index contributed by atoms with van der Waals surface area (Å²) < 4.78 is 4.14. The lowest BCUT2D eigenvalue weighted by Crippen LogP contribution is -2.21. The van der Waals surface area contributed by atoms with Gasteiger partial charge in [-0.2, -0.15) is 0 Å². The molecular formula is C12H28ClNO2. The molecule has 0 rings (SSSR count). The number of esters is 1. The van der Waals surface area contributed by atoms with Crippen LogP contribution in [0.5, 0.6) is 0 Å². The van der Waals surface area contributed by atoms with Gasteiger partial charge in [0, 0.05) is 6.08 Å². The van der Waals surface area contributed by atoms with Crippen molar-refractivity contribution in [2.75, 3.05) is 26.7 Å². The molecule has 16 heavy (non-hydrogen) atoms. The molecule has 0 bridgehead atoms. The average Bonchev–Trinajstić information content (AvgIpc) is 2.33. The molecular weight excluding hydrogens is 226 g/mol. The third-order valence-corrected chi connectivity index (χ3v) is 1.71. The van der Waals surface area contributed by atoms with Crippen LogP contribution in [0.1, 0.15) is 34.6 Å². The smallest absolute Gasteiger partial charge is 0.329 e. The molecule has 0 N–H and O–H groups in total. The predicted octanol–water partition coefficient (Wildman–Crippen LogP) is 3.14. The van der Waals surface area contributed by atoms with Crippen molar-refractivity contribution >= 4 is 18.4 Å². The summed E-state index contributed by atoms with van der Waals surface area (Å²) in [6.45, 7) is 17.3. The molecule has 0 aliphatic rings. The zero-order valence-corrected chi connectivity index (χ0v) is 12.4. The molecule has 0 aromatic carbocycles. The van der Waals surface area contributed by atoms with Gasteiger partial charge in [-0.1, -0.05) is 41.2 Å². The molecule has 4 heteroatoms. The maximum absolute atomic E-state index is 9.84. The Labute approximate surface area is 107 Å². The minimum absolute atomic E-state index is 0. The van der Waals surface area contributed by atoms with Crippen LogP contribution in [0.15, 0.2) is 12.7 Å². The molecule has 0 saturated heterocycles. The number of nitrogens with zero attached hydrogens (tertiary/aromatic N) is 1. The molecule has 0 atom stereocenters. The SMILES string of the molecule is C=CC(=O)OC.CC.CCN(CC)CC.Cl. The fraction of sp³-hybridized carbons (Fsp3) is 0.750. The van der Waals surface area contributed by atoms with E-state index < -0.39 is 5.97 Å². The fourth-order valence-corrected chi connectivity index (χ4v) is 0.754. The third-order valence-electron chi connectivity index (χ3n) is 1.71. The second kappa shape index (κ2) is 23.9. The van der Waals surface area contributed by atoms with E-state index in [9.17, 15) is 4.79 Å². The highest BCUT2D eigenvalue weighted by Crippen LogP contribution is 1.81. The van der Waals surface area contributed by atoms with E-state index in [0.29, 0.717) is 0 Å². The first-order chi connectivity index (χ1) is 7.15. The summed E-state index contributed by atoms with van der Waals surface area (Å²) in [6.07, 6.45) is 1.11. The lowest BCUT2D eigenvalue weighted by atomic mass is 10.5. The van der Waals surface area contributed by atoms with E-state index in [0.717, 1.165) is 6.08 Å². The highest BCUT2D eigenvalue weighted by molar-refractivity contribution is 5.85. The number of carbonyl (C=O) groups is 1. The van der Waals surface area contributed by atoms with Crippen LogP contribution < -0.4 is 0 Å². The number of hydrogen-bond donors (Lipinski definition) is 0. The Bertz CT molecular complexity index is 131. The normalized spacial score (nSPS) is 7.44. The largest absolute Gasteiger partial charge is 0.466 e. The Morgan fingerprint density at radius 3 is 1.50 bits per heavy atom. The average molecular weight is 254 g/mol. The van der Waals surface area contributed by atoms with Crippen LogP contribution >= 0.6 is 12.4 Å². The van der Waals surface area contributed by atoms with Crippen LogP contribution in [-0.4, -0.2) is 37.6 Å². The lowest BCUT2D eigenvalue weighted by Gasteiger charge is -2.13. The number of rotatable bonds is 4. The van der Waals surface area contributed by atoms with Gasteiger partial charge < -0.3 is 9.64 Å². The summed E-state index contributed by atoms with van der Waals surface area (Å²) in [5.74, 6) is -0.394. The van der Waals surface area contributed by atoms with Crippen molar-refractivity contribution in [2.24, 2.45) is 0 Å². The topological polar surface area (TPSA) is 29.5 Å². The molecule has 0 radical (unpaired) electrons.